The molecular formula is C26H29NO4S. The Labute approximate surface area is 193 Å². The molecule has 1 aliphatic rings. The lowest BCUT2D eigenvalue weighted by molar-refractivity contribution is -0.143. The molecule has 1 N–H and O–H groups in total. The first kappa shape index (κ1) is 22.4. The normalized spacial score (nSPS) is 17.6. The molecule has 1 aliphatic heterocycles. The van der Waals surface area contributed by atoms with Gasteiger partial charge in [0.25, 0.3) is 0 Å². The Morgan fingerprint density at radius 2 is 1.97 bits per heavy atom. The second-order valence-corrected chi connectivity index (χ2v) is 9.53. The summed E-state index contributed by atoms with van der Waals surface area (Å²) in [6, 6.07) is 20.4. The number of aryl methyl sites for hydroxylation is 1. The van der Waals surface area contributed by atoms with Gasteiger partial charge in [-0.1, -0.05) is 36.4 Å². The van der Waals surface area contributed by atoms with Gasteiger partial charge in [0.15, 0.2) is 11.5 Å². The number of likely N-dealkylation sites (tertiary alicyclic amines) is 1. The van der Waals surface area contributed by atoms with Crippen molar-refractivity contribution < 1.29 is 19.4 Å². The van der Waals surface area contributed by atoms with Crippen molar-refractivity contribution in [2.24, 2.45) is 5.92 Å². The van der Waals surface area contributed by atoms with Crippen molar-refractivity contribution in [2.75, 3.05) is 20.2 Å². The molecule has 2 unspecified atom stereocenters. The number of piperidine rings is 1. The van der Waals surface area contributed by atoms with Crippen LogP contribution in [-0.4, -0.2) is 36.2 Å². The average Bonchev–Trinajstić information content (AvgIpc) is 3.24. The van der Waals surface area contributed by atoms with Crippen LogP contribution in [-0.2, 0) is 11.4 Å². The molecule has 1 aromatic heterocycles. The highest BCUT2D eigenvalue weighted by atomic mass is 32.1. The van der Waals surface area contributed by atoms with E-state index in [-0.39, 0.29) is 12.0 Å². The number of hydrogen-bond acceptors (Lipinski definition) is 5. The summed E-state index contributed by atoms with van der Waals surface area (Å²) in [5.41, 5.74) is 2.18. The second-order valence-electron chi connectivity index (χ2n) is 8.21. The third-order valence-corrected chi connectivity index (χ3v) is 6.99. The molecule has 2 heterocycles. The smallest absolute Gasteiger partial charge is 0.307 e. The molecule has 168 valence electrons. The fraction of sp³-hybridized carbons (Fsp3) is 0.346. The first-order chi connectivity index (χ1) is 15.5. The van der Waals surface area contributed by atoms with E-state index in [1.54, 1.807) is 18.4 Å². The van der Waals surface area contributed by atoms with Crippen LogP contribution in [0.25, 0.3) is 0 Å². The van der Waals surface area contributed by atoms with Gasteiger partial charge in [-0.3, -0.25) is 9.69 Å². The molecule has 3 aromatic rings. The minimum absolute atomic E-state index is 0.00655. The Morgan fingerprint density at radius 3 is 2.66 bits per heavy atom. The quantitative estimate of drug-likeness (QED) is 0.488. The molecule has 0 bridgehead atoms. The van der Waals surface area contributed by atoms with Gasteiger partial charge < -0.3 is 14.6 Å². The van der Waals surface area contributed by atoms with Crippen molar-refractivity contribution in [3.63, 3.8) is 0 Å². The molecule has 32 heavy (non-hydrogen) atoms. The number of carboxylic acids is 1. The van der Waals surface area contributed by atoms with Gasteiger partial charge in [-0.15, -0.1) is 11.3 Å². The van der Waals surface area contributed by atoms with Crippen LogP contribution in [0.3, 0.4) is 0 Å². The summed E-state index contributed by atoms with van der Waals surface area (Å²) in [7, 11) is 1.65. The van der Waals surface area contributed by atoms with E-state index in [0.29, 0.717) is 24.7 Å². The number of rotatable bonds is 8. The predicted octanol–water partition coefficient (Wildman–Crippen LogP) is 5.53. The van der Waals surface area contributed by atoms with Gasteiger partial charge in [0, 0.05) is 16.3 Å². The zero-order chi connectivity index (χ0) is 22.5. The number of ether oxygens (including phenoxy) is 2. The van der Waals surface area contributed by atoms with Crippen LogP contribution < -0.4 is 9.47 Å². The summed E-state index contributed by atoms with van der Waals surface area (Å²) >= 11 is 1.76. The number of benzene rings is 2. The van der Waals surface area contributed by atoms with Crippen molar-refractivity contribution in [3.8, 4) is 11.5 Å². The molecule has 0 aliphatic carbocycles. The number of thiophene rings is 1. The Balaban J connectivity index is 1.62. The number of methoxy groups -OCH3 is 1. The largest absolute Gasteiger partial charge is 0.493 e. The molecule has 1 fully saturated rings. The monoisotopic (exact) mass is 451 g/mol. The van der Waals surface area contributed by atoms with Crippen molar-refractivity contribution in [2.45, 2.75) is 32.4 Å². The number of hydrogen-bond donors (Lipinski definition) is 1. The van der Waals surface area contributed by atoms with Crippen molar-refractivity contribution in [3.05, 3.63) is 81.5 Å². The number of aliphatic carboxylic acids is 1. The summed E-state index contributed by atoms with van der Waals surface area (Å²) in [6.45, 7) is 3.99. The van der Waals surface area contributed by atoms with Crippen LogP contribution in [0.15, 0.2) is 60.7 Å². The van der Waals surface area contributed by atoms with Crippen LogP contribution in [0.1, 0.15) is 39.8 Å². The highest BCUT2D eigenvalue weighted by Gasteiger charge is 2.32. The maximum atomic E-state index is 11.7. The van der Waals surface area contributed by atoms with E-state index in [9.17, 15) is 9.90 Å². The highest BCUT2D eigenvalue weighted by Crippen LogP contribution is 2.39. The van der Waals surface area contributed by atoms with Crippen LogP contribution in [0.4, 0.5) is 0 Å². The van der Waals surface area contributed by atoms with E-state index in [4.69, 9.17) is 9.47 Å². The third-order valence-electron chi connectivity index (χ3n) is 5.94. The maximum absolute atomic E-state index is 11.7. The van der Waals surface area contributed by atoms with Gasteiger partial charge in [0.2, 0.25) is 0 Å². The fourth-order valence-corrected chi connectivity index (χ4v) is 5.35. The Kier molecular flexibility index (Phi) is 7.12. The van der Waals surface area contributed by atoms with E-state index in [1.807, 2.05) is 42.5 Å². The van der Waals surface area contributed by atoms with Gasteiger partial charge in [-0.25, -0.2) is 0 Å². The molecule has 2 atom stereocenters. The molecule has 6 heteroatoms. The summed E-state index contributed by atoms with van der Waals surface area (Å²) in [5.74, 6) is 0.340. The summed E-state index contributed by atoms with van der Waals surface area (Å²) in [6.07, 6.45) is 1.62. The minimum Gasteiger partial charge on any atom is -0.493 e. The number of carboxylic acid groups (broad SMARTS) is 1. The minimum atomic E-state index is -0.710. The Bertz CT molecular complexity index is 1050. The predicted molar refractivity (Wildman–Crippen MR) is 127 cm³/mol. The SMILES string of the molecule is COc1cc(C(c2ccc(C)s2)N2CCCC(C(=O)O)C2)ccc1OCc1ccccc1. The van der Waals surface area contributed by atoms with Gasteiger partial charge in [-0.2, -0.15) is 0 Å². The average molecular weight is 452 g/mol. The first-order valence-corrected chi connectivity index (χ1v) is 11.7. The molecule has 0 radical (unpaired) electrons. The van der Waals surface area contributed by atoms with Gasteiger partial charge >= 0.3 is 5.97 Å². The highest BCUT2D eigenvalue weighted by molar-refractivity contribution is 7.12. The molecular weight excluding hydrogens is 422 g/mol. The topological polar surface area (TPSA) is 59.0 Å². The molecule has 5 nitrogen and oxygen atoms in total. The van der Waals surface area contributed by atoms with Gasteiger partial charge in [0.05, 0.1) is 19.1 Å². The number of carbonyl (C=O) groups is 1. The molecule has 1 saturated heterocycles. The zero-order valence-electron chi connectivity index (χ0n) is 18.5. The van der Waals surface area contributed by atoms with E-state index in [1.165, 1.54) is 9.75 Å². The number of nitrogens with zero attached hydrogens (tertiary/aromatic N) is 1. The summed E-state index contributed by atoms with van der Waals surface area (Å²) in [5, 5.41) is 9.59. The van der Waals surface area contributed by atoms with E-state index in [0.717, 1.165) is 30.5 Å². The first-order valence-electron chi connectivity index (χ1n) is 10.9. The Hall–Kier alpha value is -2.83. The van der Waals surface area contributed by atoms with Crippen LogP contribution in [0.5, 0.6) is 11.5 Å². The van der Waals surface area contributed by atoms with Crippen molar-refractivity contribution >= 4 is 17.3 Å². The van der Waals surface area contributed by atoms with Crippen LogP contribution in [0.2, 0.25) is 0 Å². The second kappa shape index (κ2) is 10.2. The van der Waals surface area contributed by atoms with Gasteiger partial charge in [0.1, 0.15) is 6.61 Å². The van der Waals surface area contributed by atoms with Crippen LogP contribution in [0, 0.1) is 12.8 Å². The van der Waals surface area contributed by atoms with Crippen molar-refractivity contribution in [1.82, 2.24) is 4.90 Å². The molecule has 2 aromatic carbocycles. The summed E-state index contributed by atoms with van der Waals surface area (Å²) < 4.78 is 11.7. The zero-order valence-corrected chi connectivity index (χ0v) is 19.3. The lowest BCUT2D eigenvalue weighted by Gasteiger charge is -2.37. The van der Waals surface area contributed by atoms with E-state index >= 15 is 0 Å². The third kappa shape index (κ3) is 5.14. The van der Waals surface area contributed by atoms with Crippen LogP contribution >= 0.6 is 11.3 Å². The Morgan fingerprint density at radius 1 is 1.16 bits per heavy atom. The summed E-state index contributed by atoms with van der Waals surface area (Å²) in [4.78, 5) is 16.4. The standard InChI is InChI=1S/C26H29NO4S/c1-18-10-13-24(32-18)25(27-14-6-9-21(16-27)26(28)29)20-11-12-22(23(15-20)30-2)31-17-19-7-4-3-5-8-19/h3-5,7-8,10-13,15,21,25H,6,9,14,16-17H2,1-2H3,(H,28,29). The molecule has 0 saturated carbocycles. The van der Waals surface area contributed by atoms with Gasteiger partial charge in [-0.05, 0) is 61.7 Å². The maximum Gasteiger partial charge on any atom is 0.307 e. The van der Waals surface area contributed by atoms with E-state index in [2.05, 4.69) is 30.0 Å². The molecule has 4 rings (SSSR count). The lowest BCUT2D eigenvalue weighted by Crippen LogP contribution is -2.41. The lowest BCUT2D eigenvalue weighted by atomic mass is 9.94. The van der Waals surface area contributed by atoms with Crippen molar-refractivity contribution in [1.29, 1.82) is 0 Å². The molecule has 0 spiro atoms. The van der Waals surface area contributed by atoms with E-state index < -0.39 is 5.97 Å². The molecule has 0 amide bonds. The fourth-order valence-electron chi connectivity index (χ4n) is 4.31.